The van der Waals surface area contributed by atoms with Gasteiger partial charge in [0.1, 0.15) is 11.6 Å². The number of aliphatic imine (C=N–C) groups is 2. The van der Waals surface area contributed by atoms with E-state index in [-0.39, 0.29) is 23.2 Å². The van der Waals surface area contributed by atoms with E-state index in [1.54, 1.807) is 31.2 Å². The Bertz CT molecular complexity index is 2170. The molecule has 0 fully saturated rings. The fourth-order valence-corrected chi connectivity index (χ4v) is 6.50. The minimum absolute atomic E-state index is 0.226. The molecule has 2 atom stereocenters. The highest BCUT2D eigenvalue weighted by molar-refractivity contribution is 6.31. The maximum atomic E-state index is 14.4. The van der Waals surface area contributed by atoms with Crippen LogP contribution in [0.1, 0.15) is 39.3 Å². The molecule has 218 valence electrons. The molecule has 0 aromatic heterocycles. The standard InChI is InChI=1S/C36H19F5N4/c1-18-2-3-21(12-32(18)37)19-4-7-23-25-14-30-26(15-29(25)34(44-16-42)27(23)10-19)24-8-5-20(11-28(24)35(30)45-17-43)22-6-9-31(33(38)13-22)36(39,40)41/h2-15,25,29H,1H3/b44-34+,45-35+. The first kappa shape index (κ1) is 28.1. The van der Waals surface area contributed by atoms with Gasteiger partial charge in [0.2, 0.25) is 12.4 Å². The van der Waals surface area contributed by atoms with Crippen LogP contribution in [-0.2, 0) is 6.18 Å². The summed E-state index contributed by atoms with van der Waals surface area (Å²) in [5.74, 6) is -2.22. The molecular formula is C36H19F5N4. The van der Waals surface area contributed by atoms with Gasteiger partial charge in [0.25, 0.3) is 0 Å². The quantitative estimate of drug-likeness (QED) is 0.170. The average molecular weight is 603 g/mol. The predicted octanol–water partition coefficient (Wildman–Crippen LogP) is 8.92. The lowest BCUT2D eigenvalue weighted by Crippen LogP contribution is -2.16. The van der Waals surface area contributed by atoms with Gasteiger partial charge in [-0.1, -0.05) is 54.6 Å². The first-order valence-corrected chi connectivity index (χ1v) is 13.9. The van der Waals surface area contributed by atoms with Crippen molar-refractivity contribution in [2.24, 2.45) is 15.9 Å². The molecule has 0 aliphatic heterocycles. The van der Waals surface area contributed by atoms with Gasteiger partial charge in [0, 0.05) is 28.5 Å². The number of rotatable bonds is 2. The van der Waals surface area contributed by atoms with Gasteiger partial charge in [-0.3, -0.25) is 0 Å². The molecule has 45 heavy (non-hydrogen) atoms. The monoisotopic (exact) mass is 602 g/mol. The zero-order valence-corrected chi connectivity index (χ0v) is 23.4. The highest BCUT2D eigenvalue weighted by atomic mass is 19.4. The molecule has 0 amide bonds. The van der Waals surface area contributed by atoms with Gasteiger partial charge in [-0.25, -0.2) is 8.78 Å². The normalized spacial score (nSPS) is 19.6. The van der Waals surface area contributed by atoms with Gasteiger partial charge in [0.05, 0.1) is 17.0 Å². The van der Waals surface area contributed by atoms with Gasteiger partial charge >= 0.3 is 6.18 Å². The molecule has 9 heteroatoms. The summed E-state index contributed by atoms with van der Waals surface area (Å²) in [4.78, 5) is 8.32. The fourth-order valence-electron chi connectivity index (χ4n) is 6.50. The van der Waals surface area contributed by atoms with Crippen molar-refractivity contribution in [3.63, 3.8) is 0 Å². The molecule has 0 radical (unpaired) electrons. The molecular weight excluding hydrogens is 583 g/mol. The number of nitriles is 2. The molecule has 4 aromatic carbocycles. The van der Waals surface area contributed by atoms with Crippen molar-refractivity contribution in [1.29, 1.82) is 10.5 Å². The van der Waals surface area contributed by atoms with E-state index in [9.17, 15) is 32.5 Å². The van der Waals surface area contributed by atoms with Gasteiger partial charge in [0.15, 0.2) is 0 Å². The summed E-state index contributed by atoms with van der Waals surface area (Å²) in [6.07, 6.45) is 2.96. The summed E-state index contributed by atoms with van der Waals surface area (Å²) >= 11 is 0. The van der Waals surface area contributed by atoms with Crippen LogP contribution < -0.4 is 0 Å². The van der Waals surface area contributed by atoms with Crippen LogP contribution in [0.3, 0.4) is 0 Å². The predicted molar refractivity (Wildman–Crippen MR) is 160 cm³/mol. The maximum Gasteiger partial charge on any atom is 0.419 e. The van der Waals surface area contributed by atoms with Crippen LogP contribution >= 0.6 is 0 Å². The van der Waals surface area contributed by atoms with Crippen LogP contribution in [0, 0.1) is 47.4 Å². The van der Waals surface area contributed by atoms with E-state index in [1.807, 2.05) is 48.8 Å². The number of alkyl halides is 3. The molecule has 4 aromatic rings. The van der Waals surface area contributed by atoms with Crippen LogP contribution in [0.25, 0.3) is 27.8 Å². The minimum atomic E-state index is -4.81. The SMILES string of the molecule is Cc1ccc(-c2ccc3c(c2)/C(=N\C#N)C2C=C4C(=CC32)/C(=N/C#N)c2cc(-c3ccc(C(F)(F)F)c(F)c3)ccc24)cc1F. The second kappa shape index (κ2) is 10.2. The summed E-state index contributed by atoms with van der Waals surface area (Å²) in [7, 11) is 0. The zero-order valence-electron chi connectivity index (χ0n) is 23.4. The van der Waals surface area contributed by atoms with E-state index in [0.717, 1.165) is 33.9 Å². The Kier molecular flexibility index (Phi) is 6.38. The van der Waals surface area contributed by atoms with E-state index in [0.29, 0.717) is 45.3 Å². The number of benzene rings is 4. The summed E-state index contributed by atoms with van der Waals surface area (Å²) in [5, 5.41) is 19.2. The van der Waals surface area contributed by atoms with Gasteiger partial charge in [-0.2, -0.15) is 33.7 Å². The highest BCUT2D eigenvalue weighted by Crippen LogP contribution is 2.51. The van der Waals surface area contributed by atoms with Gasteiger partial charge < -0.3 is 0 Å². The molecule has 3 aliphatic rings. The summed E-state index contributed by atoms with van der Waals surface area (Å²) in [5.41, 5.74) is 6.85. The topological polar surface area (TPSA) is 72.3 Å². The summed E-state index contributed by atoms with van der Waals surface area (Å²) in [6, 6.07) is 18.7. The van der Waals surface area contributed by atoms with Crippen molar-refractivity contribution in [1.82, 2.24) is 0 Å². The first-order valence-electron chi connectivity index (χ1n) is 13.9. The second-order valence-electron chi connectivity index (χ2n) is 11.1. The Balaban J connectivity index is 1.32. The third-order valence-corrected chi connectivity index (χ3v) is 8.64. The van der Waals surface area contributed by atoms with E-state index >= 15 is 0 Å². The first-order chi connectivity index (χ1) is 21.6. The number of hydrogen-bond acceptors (Lipinski definition) is 4. The maximum absolute atomic E-state index is 14.4. The Morgan fingerprint density at radius 1 is 0.644 bits per heavy atom. The Hall–Kier alpha value is -5.67. The van der Waals surface area contributed by atoms with Crippen molar-refractivity contribution in [3.05, 3.63) is 136 Å². The van der Waals surface area contributed by atoms with E-state index in [1.165, 1.54) is 12.1 Å². The smallest absolute Gasteiger partial charge is 0.207 e. The molecule has 0 N–H and O–H groups in total. The number of allylic oxidation sites excluding steroid dienone is 4. The molecule has 0 bridgehead atoms. The number of aryl methyl sites for hydroxylation is 1. The molecule has 0 heterocycles. The lowest BCUT2D eigenvalue weighted by molar-refractivity contribution is -0.139. The fraction of sp³-hybridized carbons (Fsp3) is 0.111. The Labute approximate surface area is 254 Å². The summed E-state index contributed by atoms with van der Waals surface area (Å²) < 4.78 is 68.1. The lowest BCUT2D eigenvalue weighted by Gasteiger charge is -2.21. The molecule has 0 saturated heterocycles. The zero-order chi connectivity index (χ0) is 31.6. The molecule has 4 nitrogen and oxygen atoms in total. The van der Waals surface area contributed by atoms with E-state index < -0.39 is 17.6 Å². The van der Waals surface area contributed by atoms with Crippen molar-refractivity contribution in [3.8, 4) is 34.6 Å². The molecule has 0 saturated carbocycles. The van der Waals surface area contributed by atoms with Crippen LogP contribution in [0.15, 0.2) is 101 Å². The van der Waals surface area contributed by atoms with Crippen LogP contribution in [0.5, 0.6) is 0 Å². The van der Waals surface area contributed by atoms with E-state index in [4.69, 9.17) is 0 Å². The lowest BCUT2D eigenvalue weighted by atomic mass is 9.81. The van der Waals surface area contributed by atoms with Crippen LogP contribution in [-0.4, -0.2) is 11.4 Å². The number of nitrogens with zero attached hydrogens (tertiary/aromatic N) is 4. The number of halogens is 5. The Morgan fingerprint density at radius 2 is 1.24 bits per heavy atom. The van der Waals surface area contributed by atoms with Crippen molar-refractivity contribution < 1.29 is 22.0 Å². The highest BCUT2D eigenvalue weighted by Gasteiger charge is 2.42. The largest absolute Gasteiger partial charge is 0.419 e. The Morgan fingerprint density at radius 3 is 1.91 bits per heavy atom. The van der Waals surface area contributed by atoms with Crippen molar-refractivity contribution in [2.75, 3.05) is 0 Å². The van der Waals surface area contributed by atoms with Crippen molar-refractivity contribution in [2.45, 2.75) is 19.0 Å². The van der Waals surface area contributed by atoms with Gasteiger partial charge in [-0.15, -0.1) is 0 Å². The van der Waals surface area contributed by atoms with Gasteiger partial charge in [-0.05, 0) is 81.8 Å². The minimum Gasteiger partial charge on any atom is -0.207 e. The average Bonchev–Trinajstić information content (AvgIpc) is 3.48. The second-order valence-corrected chi connectivity index (χ2v) is 11.1. The van der Waals surface area contributed by atoms with E-state index in [2.05, 4.69) is 9.98 Å². The van der Waals surface area contributed by atoms with Crippen molar-refractivity contribution >= 4 is 17.0 Å². The third kappa shape index (κ3) is 4.47. The van der Waals surface area contributed by atoms with Crippen LogP contribution in [0.4, 0.5) is 22.0 Å². The molecule has 7 rings (SSSR count). The summed E-state index contributed by atoms with van der Waals surface area (Å²) in [6.45, 7) is 1.69. The van der Waals surface area contributed by atoms with Crippen LogP contribution in [0.2, 0.25) is 0 Å². The molecule has 3 aliphatic carbocycles. The number of fused-ring (bicyclic) bond motifs is 6. The third-order valence-electron chi connectivity index (χ3n) is 8.64. The molecule has 0 spiro atoms. The molecule has 2 unspecified atom stereocenters. The number of hydrogen-bond donors (Lipinski definition) is 0.